The Morgan fingerprint density at radius 1 is 1.18 bits per heavy atom. The highest BCUT2D eigenvalue weighted by Crippen LogP contribution is 2.25. The number of rotatable bonds is 5. The first kappa shape index (κ1) is 18.2. The molecule has 2 N–H and O–H groups in total. The molecule has 4 aromatic rings. The monoisotopic (exact) mass is 401 g/mol. The average Bonchev–Trinajstić information content (AvgIpc) is 3.31. The SMILES string of the molecule is O=C(NCCc1c[nH]c2ccc(Cl)cc12)c1cc(-c2cc(F)ccc2F)on1. The number of aromatic nitrogens is 2. The summed E-state index contributed by atoms with van der Waals surface area (Å²) in [6, 6.07) is 9.80. The maximum atomic E-state index is 13.8. The Morgan fingerprint density at radius 3 is 2.89 bits per heavy atom. The van der Waals surface area contributed by atoms with Gasteiger partial charge in [0.15, 0.2) is 11.5 Å². The van der Waals surface area contributed by atoms with Gasteiger partial charge >= 0.3 is 0 Å². The Hall–Kier alpha value is -3.19. The summed E-state index contributed by atoms with van der Waals surface area (Å²) in [6.07, 6.45) is 2.45. The summed E-state index contributed by atoms with van der Waals surface area (Å²) >= 11 is 6.03. The van der Waals surface area contributed by atoms with Gasteiger partial charge in [-0.3, -0.25) is 4.79 Å². The molecule has 28 heavy (non-hydrogen) atoms. The zero-order valence-electron chi connectivity index (χ0n) is 14.4. The van der Waals surface area contributed by atoms with Gasteiger partial charge in [0.1, 0.15) is 11.6 Å². The molecule has 8 heteroatoms. The van der Waals surface area contributed by atoms with Crippen LogP contribution in [-0.2, 0) is 6.42 Å². The van der Waals surface area contributed by atoms with E-state index in [1.807, 2.05) is 18.3 Å². The van der Waals surface area contributed by atoms with Crippen LogP contribution in [-0.4, -0.2) is 22.6 Å². The standard InChI is InChI=1S/C20H14ClF2N3O2/c21-12-1-4-17-14(7-12)11(10-25-17)5-6-24-20(27)18-9-19(28-26-18)15-8-13(22)2-3-16(15)23/h1-4,7-10,25H,5-6H2,(H,24,27). The number of hydrogen-bond donors (Lipinski definition) is 2. The second kappa shape index (κ2) is 7.44. The van der Waals surface area contributed by atoms with Crippen molar-refractivity contribution in [2.75, 3.05) is 6.54 Å². The van der Waals surface area contributed by atoms with E-state index >= 15 is 0 Å². The topological polar surface area (TPSA) is 70.9 Å². The summed E-state index contributed by atoms with van der Waals surface area (Å²) in [7, 11) is 0. The number of amides is 1. The van der Waals surface area contributed by atoms with Gasteiger partial charge in [0.05, 0.1) is 5.56 Å². The summed E-state index contributed by atoms with van der Waals surface area (Å²) in [4.78, 5) is 15.4. The molecule has 0 spiro atoms. The lowest BCUT2D eigenvalue weighted by Gasteiger charge is -2.02. The van der Waals surface area contributed by atoms with Crippen LogP contribution in [0.15, 0.2) is 53.2 Å². The lowest BCUT2D eigenvalue weighted by Crippen LogP contribution is -2.25. The summed E-state index contributed by atoms with van der Waals surface area (Å²) in [5.41, 5.74) is 1.87. The van der Waals surface area contributed by atoms with E-state index in [4.69, 9.17) is 16.1 Å². The van der Waals surface area contributed by atoms with Gasteiger partial charge in [-0.1, -0.05) is 16.8 Å². The molecular weight excluding hydrogens is 388 g/mol. The molecule has 2 aromatic heterocycles. The first-order valence-corrected chi connectivity index (χ1v) is 8.85. The molecule has 0 fully saturated rings. The predicted octanol–water partition coefficient (Wildman–Crippen LogP) is 4.73. The van der Waals surface area contributed by atoms with E-state index in [9.17, 15) is 13.6 Å². The van der Waals surface area contributed by atoms with Crippen molar-refractivity contribution in [1.29, 1.82) is 0 Å². The van der Waals surface area contributed by atoms with E-state index < -0.39 is 17.5 Å². The van der Waals surface area contributed by atoms with Crippen LogP contribution in [0.2, 0.25) is 5.02 Å². The molecule has 4 rings (SSSR count). The quantitative estimate of drug-likeness (QED) is 0.508. The number of nitrogens with one attached hydrogen (secondary N) is 2. The van der Waals surface area contributed by atoms with Crippen LogP contribution in [0.5, 0.6) is 0 Å². The highest BCUT2D eigenvalue weighted by Gasteiger charge is 2.16. The third-order valence-corrected chi connectivity index (χ3v) is 4.58. The molecule has 0 unspecified atom stereocenters. The smallest absolute Gasteiger partial charge is 0.273 e. The molecule has 0 aliphatic rings. The van der Waals surface area contributed by atoms with Crippen LogP contribution in [0, 0.1) is 11.6 Å². The molecular formula is C20H14ClF2N3O2. The first-order chi connectivity index (χ1) is 13.5. The van der Waals surface area contributed by atoms with E-state index in [2.05, 4.69) is 15.5 Å². The molecule has 2 aromatic carbocycles. The van der Waals surface area contributed by atoms with E-state index in [0.717, 1.165) is 34.7 Å². The molecule has 0 bridgehead atoms. The molecule has 0 saturated carbocycles. The van der Waals surface area contributed by atoms with E-state index in [0.29, 0.717) is 18.0 Å². The maximum Gasteiger partial charge on any atom is 0.273 e. The Morgan fingerprint density at radius 2 is 2.04 bits per heavy atom. The Kier molecular flexibility index (Phi) is 4.83. The van der Waals surface area contributed by atoms with Crippen LogP contribution >= 0.6 is 11.6 Å². The molecule has 5 nitrogen and oxygen atoms in total. The van der Waals surface area contributed by atoms with Crippen molar-refractivity contribution >= 4 is 28.4 Å². The Balaban J connectivity index is 1.42. The number of H-pyrrole nitrogens is 1. The summed E-state index contributed by atoms with van der Waals surface area (Å²) in [6.45, 7) is 0.356. The van der Waals surface area contributed by atoms with Crippen molar-refractivity contribution in [3.63, 3.8) is 0 Å². The van der Waals surface area contributed by atoms with Crippen molar-refractivity contribution in [1.82, 2.24) is 15.5 Å². The molecule has 0 radical (unpaired) electrons. The number of nitrogens with zero attached hydrogens (tertiary/aromatic N) is 1. The fourth-order valence-electron chi connectivity index (χ4n) is 2.95. The lowest BCUT2D eigenvalue weighted by atomic mass is 10.1. The van der Waals surface area contributed by atoms with Crippen LogP contribution < -0.4 is 5.32 Å². The molecule has 2 heterocycles. The highest BCUT2D eigenvalue weighted by molar-refractivity contribution is 6.31. The third-order valence-electron chi connectivity index (χ3n) is 4.35. The van der Waals surface area contributed by atoms with Crippen molar-refractivity contribution in [3.05, 3.63) is 76.6 Å². The van der Waals surface area contributed by atoms with Gasteiger partial charge in [-0.15, -0.1) is 0 Å². The summed E-state index contributed by atoms with van der Waals surface area (Å²) in [5.74, 6) is -1.77. The fourth-order valence-corrected chi connectivity index (χ4v) is 3.13. The zero-order chi connectivity index (χ0) is 19.7. The van der Waals surface area contributed by atoms with Crippen LogP contribution in [0.4, 0.5) is 8.78 Å². The second-order valence-electron chi connectivity index (χ2n) is 6.21. The summed E-state index contributed by atoms with van der Waals surface area (Å²) < 4.78 is 32.1. The third kappa shape index (κ3) is 3.61. The van der Waals surface area contributed by atoms with Gasteiger partial charge in [0, 0.05) is 34.7 Å². The largest absolute Gasteiger partial charge is 0.361 e. The normalized spacial score (nSPS) is 11.1. The number of fused-ring (bicyclic) bond motifs is 1. The van der Waals surface area contributed by atoms with Crippen molar-refractivity contribution in [2.24, 2.45) is 0 Å². The zero-order valence-corrected chi connectivity index (χ0v) is 15.2. The number of carbonyl (C=O) groups excluding carboxylic acids is 1. The minimum atomic E-state index is -0.664. The number of carbonyl (C=O) groups is 1. The van der Waals surface area contributed by atoms with Crippen molar-refractivity contribution in [3.8, 4) is 11.3 Å². The van der Waals surface area contributed by atoms with Crippen LogP contribution in [0.25, 0.3) is 22.2 Å². The van der Waals surface area contributed by atoms with Crippen molar-refractivity contribution in [2.45, 2.75) is 6.42 Å². The highest BCUT2D eigenvalue weighted by atomic mass is 35.5. The molecule has 0 aliphatic carbocycles. The molecule has 142 valence electrons. The summed E-state index contributed by atoms with van der Waals surface area (Å²) in [5, 5.41) is 8.00. The number of hydrogen-bond acceptors (Lipinski definition) is 3. The molecule has 0 atom stereocenters. The van der Waals surface area contributed by atoms with Gasteiger partial charge in [0.2, 0.25) is 0 Å². The number of aromatic amines is 1. The van der Waals surface area contributed by atoms with Gasteiger partial charge in [0.25, 0.3) is 5.91 Å². The fraction of sp³-hybridized carbons (Fsp3) is 0.100. The van der Waals surface area contributed by atoms with Crippen LogP contribution in [0.1, 0.15) is 16.1 Å². The molecule has 1 amide bonds. The number of halogens is 3. The van der Waals surface area contributed by atoms with Gasteiger partial charge in [-0.2, -0.15) is 0 Å². The minimum absolute atomic E-state index is 0.0133. The molecule has 0 aliphatic heterocycles. The lowest BCUT2D eigenvalue weighted by molar-refractivity contribution is 0.0945. The van der Waals surface area contributed by atoms with E-state index in [1.54, 1.807) is 6.07 Å². The van der Waals surface area contributed by atoms with E-state index in [1.165, 1.54) is 6.07 Å². The first-order valence-electron chi connectivity index (χ1n) is 8.47. The average molecular weight is 402 g/mol. The number of benzene rings is 2. The Labute approximate surface area is 163 Å². The van der Waals surface area contributed by atoms with Gasteiger partial charge < -0.3 is 14.8 Å². The van der Waals surface area contributed by atoms with Crippen molar-refractivity contribution < 1.29 is 18.1 Å². The molecule has 0 saturated heterocycles. The minimum Gasteiger partial charge on any atom is -0.361 e. The van der Waals surface area contributed by atoms with Crippen LogP contribution in [0.3, 0.4) is 0 Å². The maximum absolute atomic E-state index is 13.8. The predicted molar refractivity (Wildman–Crippen MR) is 101 cm³/mol. The second-order valence-corrected chi connectivity index (χ2v) is 6.65. The van der Waals surface area contributed by atoms with Gasteiger partial charge in [-0.25, -0.2) is 8.78 Å². The Bertz CT molecular complexity index is 1170. The van der Waals surface area contributed by atoms with Gasteiger partial charge in [-0.05, 0) is 48.4 Å². The van der Waals surface area contributed by atoms with E-state index in [-0.39, 0.29) is 17.0 Å².